The molecule has 0 atom stereocenters. The Morgan fingerprint density at radius 3 is 2.85 bits per heavy atom. The fourth-order valence-corrected chi connectivity index (χ4v) is 3.38. The number of phenols is 1. The third kappa shape index (κ3) is 3.81. The second-order valence-corrected chi connectivity index (χ2v) is 7.12. The molecule has 10 heteroatoms. The van der Waals surface area contributed by atoms with E-state index in [4.69, 9.17) is 10.5 Å². The fourth-order valence-electron chi connectivity index (χ4n) is 2.12. The van der Waals surface area contributed by atoms with Gasteiger partial charge in [-0.05, 0) is 41.6 Å². The summed E-state index contributed by atoms with van der Waals surface area (Å²) in [6.45, 7) is 0.0762. The van der Waals surface area contributed by atoms with Crippen LogP contribution < -0.4 is 10.5 Å². The molecule has 2 aromatic rings. The highest BCUT2D eigenvalue weighted by atomic mass is 79.9. The Morgan fingerprint density at radius 2 is 2.19 bits per heavy atom. The summed E-state index contributed by atoms with van der Waals surface area (Å²) in [7, 11) is 1.42. The van der Waals surface area contributed by atoms with Crippen LogP contribution in [0.4, 0.5) is 10.7 Å². The topological polar surface area (TPSA) is 119 Å². The maximum Gasteiger partial charge on any atom is 0.293 e. The van der Waals surface area contributed by atoms with Crippen LogP contribution in [0.2, 0.25) is 0 Å². The number of imide groups is 1. The number of thioether (sulfide) groups is 1. The zero-order chi connectivity index (χ0) is 18.8. The van der Waals surface area contributed by atoms with Crippen LogP contribution in [0.3, 0.4) is 0 Å². The summed E-state index contributed by atoms with van der Waals surface area (Å²) >= 11 is 4.18. The van der Waals surface area contributed by atoms with Crippen molar-refractivity contribution in [2.24, 2.45) is 0 Å². The van der Waals surface area contributed by atoms with Crippen LogP contribution in [0.25, 0.3) is 6.08 Å². The molecule has 2 amide bonds. The standard InChI is InChI=1S/C16H13BrN4O4S/c1-21-14(23)13(26-16(21)24)5-8-4-12(11(22)6-10(8)17)25-7-9-2-3-19-15(18)20-9/h2-6,22H,7H2,1H3,(H2,18,19,20)/b13-5-. The van der Waals surface area contributed by atoms with E-state index in [-0.39, 0.29) is 35.2 Å². The molecule has 0 radical (unpaired) electrons. The van der Waals surface area contributed by atoms with Crippen LogP contribution in [-0.4, -0.2) is 38.2 Å². The first kappa shape index (κ1) is 18.2. The first-order valence-corrected chi connectivity index (χ1v) is 8.90. The summed E-state index contributed by atoms with van der Waals surface area (Å²) in [6.07, 6.45) is 3.07. The SMILES string of the molecule is CN1C(=O)S/C(=C\c2cc(OCc3ccnc(N)n3)c(O)cc2Br)C1=O. The molecule has 26 heavy (non-hydrogen) atoms. The molecule has 8 nitrogen and oxygen atoms in total. The van der Waals surface area contributed by atoms with Crippen molar-refractivity contribution in [2.45, 2.75) is 6.61 Å². The lowest BCUT2D eigenvalue weighted by atomic mass is 10.2. The van der Waals surface area contributed by atoms with Crippen molar-refractivity contribution in [3.05, 3.63) is 45.0 Å². The highest BCUT2D eigenvalue weighted by Gasteiger charge is 2.32. The number of nitrogens with zero attached hydrogens (tertiary/aromatic N) is 3. The van der Waals surface area contributed by atoms with Crippen LogP contribution in [0, 0.1) is 0 Å². The largest absolute Gasteiger partial charge is 0.504 e. The number of nitrogen functional groups attached to an aromatic ring is 1. The number of ether oxygens (including phenoxy) is 1. The molecule has 1 aliphatic heterocycles. The average Bonchev–Trinajstić information content (AvgIpc) is 2.83. The number of aromatic hydroxyl groups is 1. The molecule has 1 saturated heterocycles. The fraction of sp³-hybridized carbons (Fsp3) is 0.125. The van der Waals surface area contributed by atoms with E-state index < -0.39 is 0 Å². The Hall–Kier alpha value is -2.59. The second kappa shape index (κ2) is 7.34. The van der Waals surface area contributed by atoms with Crippen LogP contribution in [0.5, 0.6) is 11.5 Å². The highest BCUT2D eigenvalue weighted by Crippen LogP contribution is 2.37. The normalized spacial score (nSPS) is 15.8. The molecule has 3 N–H and O–H groups in total. The van der Waals surface area contributed by atoms with Crippen LogP contribution >= 0.6 is 27.7 Å². The molecule has 2 heterocycles. The number of carbonyl (C=O) groups is 2. The summed E-state index contributed by atoms with van der Waals surface area (Å²) in [6, 6.07) is 4.66. The van der Waals surface area contributed by atoms with Crippen molar-refractivity contribution >= 4 is 50.9 Å². The summed E-state index contributed by atoms with van der Waals surface area (Å²) in [5, 5.41) is 9.74. The van der Waals surface area contributed by atoms with Crippen LogP contribution in [0.15, 0.2) is 33.8 Å². The van der Waals surface area contributed by atoms with Crippen molar-refractivity contribution < 1.29 is 19.4 Å². The minimum absolute atomic E-state index is 0.0762. The minimum Gasteiger partial charge on any atom is -0.504 e. The molecule has 0 bridgehead atoms. The summed E-state index contributed by atoms with van der Waals surface area (Å²) in [4.78, 5) is 32.8. The lowest BCUT2D eigenvalue weighted by Gasteiger charge is -2.10. The van der Waals surface area contributed by atoms with Gasteiger partial charge in [-0.2, -0.15) is 0 Å². The first-order valence-electron chi connectivity index (χ1n) is 7.29. The number of amides is 2. The zero-order valence-corrected chi connectivity index (χ0v) is 15.9. The minimum atomic E-state index is -0.376. The van der Waals surface area contributed by atoms with E-state index in [1.54, 1.807) is 18.2 Å². The number of carbonyl (C=O) groups excluding carboxylic acids is 2. The van der Waals surface area contributed by atoms with E-state index in [1.165, 1.54) is 19.3 Å². The highest BCUT2D eigenvalue weighted by molar-refractivity contribution is 9.10. The molecule has 0 unspecified atom stereocenters. The van der Waals surface area contributed by atoms with Crippen LogP contribution in [0.1, 0.15) is 11.3 Å². The maximum absolute atomic E-state index is 12.0. The van der Waals surface area contributed by atoms with E-state index >= 15 is 0 Å². The number of nitrogens with two attached hydrogens (primary N) is 1. The molecule has 3 rings (SSSR count). The van der Waals surface area contributed by atoms with Gasteiger partial charge in [0.15, 0.2) is 11.5 Å². The quantitative estimate of drug-likeness (QED) is 0.701. The number of hydrogen-bond acceptors (Lipinski definition) is 8. The Morgan fingerprint density at radius 1 is 1.42 bits per heavy atom. The molecule has 0 spiro atoms. The van der Waals surface area contributed by atoms with Gasteiger partial charge < -0.3 is 15.6 Å². The Balaban J connectivity index is 1.85. The Labute approximate surface area is 161 Å². The molecule has 0 aliphatic carbocycles. The number of halogens is 1. The number of anilines is 1. The van der Waals surface area contributed by atoms with Gasteiger partial charge in [0.25, 0.3) is 11.1 Å². The number of rotatable bonds is 4. The smallest absolute Gasteiger partial charge is 0.293 e. The third-order valence-corrected chi connectivity index (χ3v) is 5.11. The molecule has 1 aromatic heterocycles. The van der Waals surface area contributed by atoms with Gasteiger partial charge >= 0.3 is 0 Å². The number of hydrogen-bond donors (Lipinski definition) is 2. The Bertz CT molecular complexity index is 934. The summed E-state index contributed by atoms with van der Waals surface area (Å²) in [5.74, 6) is -0.131. The van der Waals surface area contributed by atoms with Gasteiger partial charge in [0, 0.05) is 17.7 Å². The van der Waals surface area contributed by atoms with Crippen molar-refractivity contribution in [1.29, 1.82) is 0 Å². The third-order valence-electron chi connectivity index (χ3n) is 3.46. The number of aromatic nitrogens is 2. The predicted molar refractivity (Wildman–Crippen MR) is 100 cm³/mol. The van der Waals surface area contributed by atoms with Crippen molar-refractivity contribution in [2.75, 3.05) is 12.8 Å². The zero-order valence-electron chi connectivity index (χ0n) is 13.5. The number of phenolic OH excluding ortho intramolecular Hbond substituents is 1. The van der Waals surface area contributed by atoms with E-state index in [9.17, 15) is 14.7 Å². The van der Waals surface area contributed by atoms with E-state index in [1.807, 2.05) is 0 Å². The Kier molecular flexibility index (Phi) is 5.14. The second-order valence-electron chi connectivity index (χ2n) is 5.28. The van der Waals surface area contributed by atoms with Gasteiger partial charge in [-0.1, -0.05) is 15.9 Å². The molecular weight excluding hydrogens is 424 g/mol. The summed E-state index contributed by atoms with van der Waals surface area (Å²) in [5.41, 5.74) is 6.65. The molecule has 1 fully saturated rings. The van der Waals surface area contributed by atoms with Gasteiger partial charge in [0.1, 0.15) is 6.61 Å². The lowest BCUT2D eigenvalue weighted by Crippen LogP contribution is -2.22. The molecule has 0 saturated carbocycles. The predicted octanol–water partition coefficient (Wildman–Crippen LogP) is 2.77. The van der Waals surface area contributed by atoms with Gasteiger partial charge in [-0.15, -0.1) is 0 Å². The molecular formula is C16H13BrN4O4S. The molecule has 1 aromatic carbocycles. The number of likely N-dealkylation sites (N-methyl/N-ethyl adjacent to an activating group) is 1. The van der Waals surface area contributed by atoms with E-state index in [2.05, 4.69) is 25.9 Å². The van der Waals surface area contributed by atoms with Crippen molar-refractivity contribution in [1.82, 2.24) is 14.9 Å². The molecule has 134 valence electrons. The van der Waals surface area contributed by atoms with Gasteiger partial charge in [0.2, 0.25) is 5.95 Å². The number of benzene rings is 1. The van der Waals surface area contributed by atoms with Gasteiger partial charge in [-0.3, -0.25) is 14.5 Å². The van der Waals surface area contributed by atoms with Crippen LogP contribution in [-0.2, 0) is 11.4 Å². The average molecular weight is 437 g/mol. The lowest BCUT2D eigenvalue weighted by molar-refractivity contribution is -0.121. The van der Waals surface area contributed by atoms with E-state index in [0.29, 0.717) is 20.6 Å². The van der Waals surface area contributed by atoms with E-state index in [0.717, 1.165) is 16.7 Å². The van der Waals surface area contributed by atoms with Crippen molar-refractivity contribution in [3.63, 3.8) is 0 Å². The van der Waals surface area contributed by atoms with Gasteiger partial charge in [0.05, 0.1) is 10.6 Å². The first-order chi connectivity index (χ1) is 12.3. The van der Waals surface area contributed by atoms with Crippen molar-refractivity contribution in [3.8, 4) is 11.5 Å². The maximum atomic E-state index is 12.0. The molecule has 1 aliphatic rings. The summed E-state index contributed by atoms with van der Waals surface area (Å²) < 4.78 is 6.14. The monoisotopic (exact) mass is 436 g/mol. The van der Waals surface area contributed by atoms with Gasteiger partial charge in [-0.25, -0.2) is 9.97 Å².